The predicted octanol–water partition coefficient (Wildman–Crippen LogP) is 5.49. The molecule has 1 unspecified atom stereocenters. The first kappa shape index (κ1) is 18.3. The molecule has 3 nitrogen and oxygen atoms in total. The Morgan fingerprint density at radius 2 is 2.00 bits per heavy atom. The fourth-order valence-electron chi connectivity index (χ4n) is 4.13. The highest BCUT2D eigenvalue weighted by Crippen LogP contribution is 2.37. The normalized spacial score (nSPS) is 16.3. The highest BCUT2D eigenvalue weighted by molar-refractivity contribution is 9.10. The van der Waals surface area contributed by atoms with Gasteiger partial charge in [0.2, 0.25) is 5.91 Å². The maximum absolute atomic E-state index is 12.8. The molecule has 1 amide bonds. The molecule has 3 aromatic rings. The maximum Gasteiger partial charge on any atom is 0.229 e. The van der Waals surface area contributed by atoms with Gasteiger partial charge in [-0.3, -0.25) is 4.79 Å². The summed E-state index contributed by atoms with van der Waals surface area (Å²) in [5.41, 5.74) is 4.94. The van der Waals surface area contributed by atoms with Crippen LogP contribution in [0.3, 0.4) is 0 Å². The molecule has 1 aliphatic rings. The van der Waals surface area contributed by atoms with Crippen LogP contribution in [0.5, 0.6) is 0 Å². The Balaban J connectivity index is 1.35. The molecule has 4 rings (SSSR count). The highest BCUT2D eigenvalue weighted by Gasteiger charge is 2.29. The van der Waals surface area contributed by atoms with Crippen LogP contribution in [0.15, 0.2) is 53.0 Å². The monoisotopic (exact) mass is 424 g/mol. The number of unbranched alkanes of at least 4 members (excludes halogenated alkanes) is 1. The lowest BCUT2D eigenvalue weighted by Crippen LogP contribution is -2.32. The number of hydrogen-bond donors (Lipinski definition) is 2. The SMILES string of the molecule is O=C(NCCCCc1ccccc1)C1CCCc2c1[nH]c1ccc(Br)cc21. The molecule has 0 fully saturated rings. The van der Waals surface area contributed by atoms with Gasteiger partial charge >= 0.3 is 0 Å². The summed E-state index contributed by atoms with van der Waals surface area (Å²) < 4.78 is 1.08. The van der Waals surface area contributed by atoms with Crippen molar-refractivity contribution in [3.63, 3.8) is 0 Å². The van der Waals surface area contributed by atoms with Gasteiger partial charge in [-0.05, 0) is 67.9 Å². The molecule has 1 atom stereocenters. The van der Waals surface area contributed by atoms with Crippen molar-refractivity contribution in [1.82, 2.24) is 10.3 Å². The second-order valence-corrected chi connectivity index (χ2v) is 8.30. The lowest BCUT2D eigenvalue weighted by atomic mass is 9.86. The Bertz CT molecular complexity index is 932. The van der Waals surface area contributed by atoms with E-state index in [1.165, 1.54) is 16.5 Å². The third kappa shape index (κ3) is 4.11. The molecular weight excluding hydrogens is 400 g/mol. The molecule has 0 spiro atoms. The molecule has 4 heteroatoms. The second kappa shape index (κ2) is 8.30. The van der Waals surface area contributed by atoms with Crippen molar-refractivity contribution in [2.45, 2.75) is 44.4 Å². The number of carbonyl (C=O) groups excluding carboxylic acids is 1. The van der Waals surface area contributed by atoms with Gasteiger partial charge in [0.25, 0.3) is 0 Å². The largest absolute Gasteiger partial charge is 0.357 e. The van der Waals surface area contributed by atoms with Crippen LogP contribution in [0.2, 0.25) is 0 Å². The van der Waals surface area contributed by atoms with Crippen LogP contribution in [0.4, 0.5) is 0 Å². The number of aryl methyl sites for hydroxylation is 2. The summed E-state index contributed by atoms with van der Waals surface area (Å²) in [6, 6.07) is 16.8. The maximum atomic E-state index is 12.8. The van der Waals surface area contributed by atoms with E-state index in [1.807, 2.05) is 12.1 Å². The summed E-state index contributed by atoms with van der Waals surface area (Å²) in [4.78, 5) is 16.3. The highest BCUT2D eigenvalue weighted by atomic mass is 79.9. The van der Waals surface area contributed by atoms with Crippen LogP contribution in [-0.2, 0) is 17.6 Å². The molecule has 140 valence electrons. The zero-order chi connectivity index (χ0) is 18.6. The quantitative estimate of drug-likeness (QED) is 0.504. The Hall–Kier alpha value is -2.07. The molecule has 0 saturated heterocycles. The van der Waals surface area contributed by atoms with E-state index in [0.29, 0.717) is 0 Å². The van der Waals surface area contributed by atoms with Gasteiger partial charge in [-0.1, -0.05) is 46.3 Å². The van der Waals surface area contributed by atoms with Crippen LogP contribution >= 0.6 is 15.9 Å². The summed E-state index contributed by atoms with van der Waals surface area (Å²) >= 11 is 3.56. The minimum atomic E-state index is -0.0472. The molecule has 0 saturated carbocycles. The topological polar surface area (TPSA) is 44.9 Å². The van der Waals surface area contributed by atoms with Crippen molar-refractivity contribution in [2.75, 3.05) is 6.54 Å². The van der Waals surface area contributed by atoms with Crippen LogP contribution in [0.25, 0.3) is 10.9 Å². The van der Waals surface area contributed by atoms with Gasteiger partial charge in [0.05, 0.1) is 5.92 Å². The predicted molar refractivity (Wildman–Crippen MR) is 114 cm³/mol. The molecular formula is C23H25BrN2O. The zero-order valence-electron chi connectivity index (χ0n) is 15.4. The number of rotatable bonds is 6. The number of halogens is 1. The molecule has 1 aromatic heterocycles. The van der Waals surface area contributed by atoms with E-state index in [4.69, 9.17) is 0 Å². The molecule has 27 heavy (non-hydrogen) atoms. The molecule has 0 bridgehead atoms. The Morgan fingerprint density at radius 1 is 1.15 bits per heavy atom. The average Bonchev–Trinajstić information content (AvgIpc) is 3.06. The summed E-state index contributed by atoms with van der Waals surface area (Å²) in [5.74, 6) is 0.121. The standard InChI is InChI=1S/C23H25BrN2O/c24-17-12-13-21-20(15-17)18-10-6-11-19(22(18)26-21)23(27)25-14-5-4-9-16-7-2-1-3-8-16/h1-3,7-8,12-13,15,19,26H,4-6,9-11,14H2,(H,25,27). The molecule has 2 N–H and O–H groups in total. The van der Waals surface area contributed by atoms with Crippen LogP contribution in [-0.4, -0.2) is 17.4 Å². The zero-order valence-corrected chi connectivity index (χ0v) is 17.0. The van der Waals surface area contributed by atoms with Gasteiger partial charge in [0.1, 0.15) is 0 Å². The minimum absolute atomic E-state index is 0.0472. The fourth-order valence-corrected chi connectivity index (χ4v) is 4.49. The number of hydrogen-bond acceptors (Lipinski definition) is 1. The van der Waals surface area contributed by atoms with Gasteiger partial charge in [0, 0.05) is 27.6 Å². The van der Waals surface area contributed by atoms with Crippen molar-refractivity contribution in [1.29, 1.82) is 0 Å². The van der Waals surface area contributed by atoms with Crippen LogP contribution in [0, 0.1) is 0 Å². The summed E-state index contributed by atoms with van der Waals surface area (Å²) in [5, 5.41) is 4.42. The lowest BCUT2D eigenvalue weighted by molar-refractivity contribution is -0.122. The van der Waals surface area contributed by atoms with Gasteiger partial charge in [0.15, 0.2) is 0 Å². The Labute approximate surface area is 168 Å². The third-order valence-electron chi connectivity index (χ3n) is 5.52. The van der Waals surface area contributed by atoms with Crippen molar-refractivity contribution < 1.29 is 4.79 Å². The van der Waals surface area contributed by atoms with E-state index in [-0.39, 0.29) is 11.8 Å². The smallest absolute Gasteiger partial charge is 0.229 e. The molecule has 1 aliphatic carbocycles. The van der Waals surface area contributed by atoms with E-state index in [2.05, 4.69) is 62.6 Å². The van der Waals surface area contributed by atoms with E-state index in [9.17, 15) is 4.79 Å². The average molecular weight is 425 g/mol. The number of benzene rings is 2. The number of H-pyrrole nitrogens is 1. The molecule has 1 heterocycles. The fraction of sp³-hybridized carbons (Fsp3) is 0.348. The number of amides is 1. The van der Waals surface area contributed by atoms with Crippen molar-refractivity contribution in [3.05, 3.63) is 69.8 Å². The van der Waals surface area contributed by atoms with Gasteiger partial charge in [-0.25, -0.2) is 0 Å². The first-order valence-electron chi connectivity index (χ1n) is 9.84. The van der Waals surface area contributed by atoms with Crippen molar-refractivity contribution in [2.24, 2.45) is 0 Å². The first-order chi connectivity index (χ1) is 13.2. The number of fused-ring (bicyclic) bond motifs is 3. The van der Waals surface area contributed by atoms with E-state index < -0.39 is 0 Å². The summed E-state index contributed by atoms with van der Waals surface area (Å²) in [6.45, 7) is 0.753. The summed E-state index contributed by atoms with van der Waals surface area (Å²) in [6.07, 6.45) is 6.23. The van der Waals surface area contributed by atoms with Crippen molar-refractivity contribution in [3.8, 4) is 0 Å². The number of carbonyl (C=O) groups is 1. The number of nitrogens with one attached hydrogen (secondary N) is 2. The number of aromatic nitrogens is 1. The Morgan fingerprint density at radius 3 is 2.85 bits per heavy atom. The van der Waals surface area contributed by atoms with E-state index >= 15 is 0 Å². The van der Waals surface area contributed by atoms with E-state index in [1.54, 1.807) is 0 Å². The molecule has 2 aromatic carbocycles. The number of aromatic amines is 1. The van der Waals surface area contributed by atoms with E-state index in [0.717, 1.165) is 60.8 Å². The Kier molecular flexibility index (Phi) is 5.63. The van der Waals surface area contributed by atoms with Crippen LogP contribution < -0.4 is 5.32 Å². The van der Waals surface area contributed by atoms with Crippen molar-refractivity contribution >= 4 is 32.7 Å². The van der Waals surface area contributed by atoms with Crippen LogP contribution in [0.1, 0.15) is 48.4 Å². The van der Waals surface area contributed by atoms with Gasteiger partial charge in [-0.15, -0.1) is 0 Å². The second-order valence-electron chi connectivity index (χ2n) is 7.39. The first-order valence-corrected chi connectivity index (χ1v) is 10.6. The molecule has 0 radical (unpaired) electrons. The van der Waals surface area contributed by atoms with Gasteiger partial charge < -0.3 is 10.3 Å². The van der Waals surface area contributed by atoms with Gasteiger partial charge in [-0.2, -0.15) is 0 Å². The minimum Gasteiger partial charge on any atom is -0.357 e. The molecule has 0 aliphatic heterocycles. The lowest BCUT2D eigenvalue weighted by Gasteiger charge is -2.22. The third-order valence-corrected chi connectivity index (χ3v) is 6.01. The summed E-state index contributed by atoms with van der Waals surface area (Å²) in [7, 11) is 0.